The molecule has 2 N–H and O–H groups in total. The topological polar surface area (TPSA) is 92.7 Å². The summed E-state index contributed by atoms with van der Waals surface area (Å²) in [7, 11) is 0. The summed E-state index contributed by atoms with van der Waals surface area (Å²) in [4.78, 5) is 34.1. The average molecular weight is 299 g/mol. The molecule has 120 valence electrons. The van der Waals surface area contributed by atoms with Gasteiger partial charge in [-0.2, -0.15) is 0 Å². The molecule has 0 aromatic carbocycles. The number of carboxylic acid groups (broad SMARTS) is 1. The fraction of sp³-hybridized carbons (Fsp3) is 0.667. The molecule has 0 aromatic heterocycles. The molecule has 21 heavy (non-hydrogen) atoms. The maximum absolute atomic E-state index is 12.0. The third kappa shape index (κ3) is 8.12. The molecule has 0 saturated heterocycles. The third-order valence-electron chi connectivity index (χ3n) is 3.13. The molecule has 6 heteroatoms. The number of hydrogen-bond donors (Lipinski definition) is 2. The number of amides is 1. The molecule has 0 heterocycles. The first-order chi connectivity index (χ1) is 9.79. The van der Waals surface area contributed by atoms with Crippen LogP contribution in [0.5, 0.6) is 0 Å². The van der Waals surface area contributed by atoms with Crippen molar-refractivity contribution in [2.24, 2.45) is 11.8 Å². The Kier molecular flexibility index (Phi) is 9.08. The van der Waals surface area contributed by atoms with E-state index in [1.807, 2.05) is 13.8 Å². The number of carbonyl (C=O) groups is 3. The fourth-order valence-corrected chi connectivity index (χ4v) is 1.84. The van der Waals surface area contributed by atoms with Crippen LogP contribution in [0, 0.1) is 11.8 Å². The van der Waals surface area contributed by atoms with E-state index in [-0.39, 0.29) is 36.7 Å². The Balaban J connectivity index is 4.30. The van der Waals surface area contributed by atoms with Gasteiger partial charge in [-0.3, -0.25) is 14.4 Å². The largest absolute Gasteiger partial charge is 0.480 e. The zero-order valence-electron chi connectivity index (χ0n) is 12.9. The second-order valence-electron chi connectivity index (χ2n) is 5.28. The summed E-state index contributed by atoms with van der Waals surface area (Å²) in [5.74, 6) is -1.94. The van der Waals surface area contributed by atoms with Crippen LogP contribution in [0.2, 0.25) is 0 Å². The molecule has 0 aliphatic heterocycles. The monoisotopic (exact) mass is 299 g/mol. The molecule has 0 spiro atoms. The highest BCUT2D eigenvalue weighted by Crippen LogP contribution is 2.19. The van der Waals surface area contributed by atoms with E-state index in [1.165, 1.54) is 13.0 Å². The number of nitrogens with one attached hydrogen (secondary N) is 1. The van der Waals surface area contributed by atoms with E-state index in [0.717, 1.165) is 0 Å². The Morgan fingerprint density at radius 1 is 1.29 bits per heavy atom. The number of carbonyl (C=O) groups excluding carboxylic acids is 2. The summed E-state index contributed by atoms with van der Waals surface area (Å²) in [6, 6.07) is -0.920. The molecule has 2 unspecified atom stereocenters. The van der Waals surface area contributed by atoms with Crippen LogP contribution in [0.15, 0.2) is 12.7 Å². The van der Waals surface area contributed by atoms with E-state index >= 15 is 0 Å². The number of aliphatic carboxylic acids is 1. The lowest BCUT2D eigenvalue weighted by Crippen LogP contribution is -2.43. The van der Waals surface area contributed by atoms with Crippen LogP contribution in [-0.2, 0) is 19.1 Å². The molecule has 0 saturated carbocycles. The molecule has 2 atom stereocenters. The Morgan fingerprint density at radius 2 is 1.90 bits per heavy atom. The van der Waals surface area contributed by atoms with Crippen LogP contribution < -0.4 is 5.32 Å². The summed E-state index contributed by atoms with van der Waals surface area (Å²) in [5.41, 5.74) is 0. The number of hydrogen-bond acceptors (Lipinski definition) is 4. The average Bonchev–Trinajstić information content (AvgIpc) is 2.40. The van der Waals surface area contributed by atoms with Gasteiger partial charge in [0, 0.05) is 12.3 Å². The molecular weight excluding hydrogens is 274 g/mol. The van der Waals surface area contributed by atoms with Gasteiger partial charge in [-0.25, -0.2) is 0 Å². The van der Waals surface area contributed by atoms with Gasteiger partial charge in [0.05, 0.1) is 0 Å². The van der Waals surface area contributed by atoms with Gasteiger partial charge in [0.15, 0.2) is 0 Å². The highest BCUT2D eigenvalue weighted by atomic mass is 16.5. The van der Waals surface area contributed by atoms with Crippen molar-refractivity contribution in [1.82, 2.24) is 5.32 Å². The van der Waals surface area contributed by atoms with Crippen LogP contribution in [0.4, 0.5) is 0 Å². The minimum Gasteiger partial charge on any atom is -0.480 e. The maximum Gasteiger partial charge on any atom is 0.325 e. The fourth-order valence-electron chi connectivity index (χ4n) is 1.84. The van der Waals surface area contributed by atoms with Gasteiger partial charge in [-0.05, 0) is 25.7 Å². The van der Waals surface area contributed by atoms with Gasteiger partial charge in [0.1, 0.15) is 12.6 Å². The number of ether oxygens (including phenoxy) is 1. The van der Waals surface area contributed by atoms with E-state index in [2.05, 4.69) is 11.9 Å². The third-order valence-corrected chi connectivity index (χ3v) is 3.13. The smallest absolute Gasteiger partial charge is 0.325 e. The lowest BCUT2D eigenvalue weighted by molar-refractivity contribution is -0.143. The quantitative estimate of drug-likeness (QED) is 0.473. The van der Waals surface area contributed by atoms with Crippen molar-refractivity contribution in [3.8, 4) is 0 Å². The molecule has 0 fully saturated rings. The molecule has 1 amide bonds. The minimum atomic E-state index is -1.07. The maximum atomic E-state index is 12.0. The molecular formula is C15H25NO5. The molecule has 0 aliphatic carbocycles. The van der Waals surface area contributed by atoms with E-state index in [9.17, 15) is 14.4 Å². The Bertz CT molecular complexity index is 378. The Morgan fingerprint density at radius 3 is 2.38 bits per heavy atom. The van der Waals surface area contributed by atoms with Crippen molar-refractivity contribution in [2.75, 3.05) is 6.61 Å². The molecule has 0 aromatic rings. The van der Waals surface area contributed by atoms with Gasteiger partial charge in [0.2, 0.25) is 5.91 Å². The van der Waals surface area contributed by atoms with Gasteiger partial charge >= 0.3 is 11.9 Å². The summed E-state index contributed by atoms with van der Waals surface area (Å²) >= 11 is 0. The molecule has 6 nitrogen and oxygen atoms in total. The first kappa shape index (κ1) is 19.1. The lowest BCUT2D eigenvalue weighted by atomic mass is 9.89. The summed E-state index contributed by atoms with van der Waals surface area (Å²) in [6.45, 7) is 8.84. The minimum absolute atomic E-state index is 0.0650. The van der Waals surface area contributed by atoms with Crippen molar-refractivity contribution >= 4 is 17.8 Å². The SMILES string of the molecule is C=CCOC(=O)CCCC(C(=O)NC(C)C(=O)O)C(C)C. The molecule has 0 rings (SSSR count). The summed E-state index contributed by atoms with van der Waals surface area (Å²) in [6.07, 6.45) is 2.76. The van der Waals surface area contributed by atoms with Crippen molar-refractivity contribution in [2.45, 2.75) is 46.1 Å². The Labute approximate surface area is 125 Å². The van der Waals surface area contributed by atoms with Crippen LogP contribution >= 0.6 is 0 Å². The standard InChI is InChI=1S/C15H25NO5/c1-5-9-21-13(17)8-6-7-12(10(2)3)14(18)16-11(4)15(19)20/h5,10-12H,1,6-9H2,2-4H3,(H,16,18)(H,19,20). The molecule has 0 aliphatic rings. The normalized spacial score (nSPS) is 13.3. The zero-order valence-corrected chi connectivity index (χ0v) is 12.9. The van der Waals surface area contributed by atoms with Crippen molar-refractivity contribution in [3.63, 3.8) is 0 Å². The molecule has 0 bridgehead atoms. The number of carboxylic acids is 1. The summed E-state index contributed by atoms with van der Waals surface area (Å²) in [5, 5.41) is 11.3. The lowest BCUT2D eigenvalue weighted by Gasteiger charge is -2.21. The second-order valence-corrected chi connectivity index (χ2v) is 5.28. The zero-order chi connectivity index (χ0) is 16.4. The van der Waals surface area contributed by atoms with Gasteiger partial charge in [-0.1, -0.05) is 26.5 Å². The van der Waals surface area contributed by atoms with E-state index in [1.54, 1.807) is 0 Å². The van der Waals surface area contributed by atoms with Crippen molar-refractivity contribution < 1.29 is 24.2 Å². The van der Waals surface area contributed by atoms with Crippen molar-refractivity contribution in [3.05, 3.63) is 12.7 Å². The Hall–Kier alpha value is -1.85. The second kappa shape index (κ2) is 9.96. The van der Waals surface area contributed by atoms with Gasteiger partial charge < -0.3 is 15.2 Å². The van der Waals surface area contributed by atoms with E-state index in [0.29, 0.717) is 12.8 Å². The van der Waals surface area contributed by atoms with Crippen LogP contribution in [0.1, 0.15) is 40.0 Å². The highest BCUT2D eigenvalue weighted by Gasteiger charge is 2.25. The van der Waals surface area contributed by atoms with E-state index in [4.69, 9.17) is 9.84 Å². The number of rotatable bonds is 10. The molecule has 0 radical (unpaired) electrons. The first-order valence-corrected chi connectivity index (χ1v) is 7.09. The van der Waals surface area contributed by atoms with Crippen LogP contribution in [0.3, 0.4) is 0 Å². The highest BCUT2D eigenvalue weighted by molar-refractivity contribution is 5.84. The van der Waals surface area contributed by atoms with Crippen LogP contribution in [-0.4, -0.2) is 35.6 Å². The number of esters is 1. The predicted molar refractivity (Wildman–Crippen MR) is 78.6 cm³/mol. The van der Waals surface area contributed by atoms with Crippen molar-refractivity contribution in [1.29, 1.82) is 0 Å². The first-order valence-electron chi connectivity index (χ1n) is 7.09. The van der Waals surface area contributed by atoms with Gasteiger partial charge in [-0.15, -0.1) is 0 Å². The van der Waals surface area contributed by atoms with E-state index < -0.39 is 12.0 Å². The predicted octanol–water partition coefficient (Wildman–Crippen LogP) is 1.75. The summed E-state index contributed by atoms with van der Waals surface area (Å²) < 4.78 is 4.85. The van der Waals surface area contributed by atoms with Crippen LogP contribution in [0.25, 0.3) is 0 Å². The van der Waals surface area contributed by atoms with Gasteiger partial charge in [0.25, 0.3) is 0 Å².